The number of fused-ring (bicyclic) bond motifs is 1. The van der Waals surface area contributed by atoms with E-state index in [1.165, 1.54) is 11.6 Å². The SMILES string of the molecule is CC(c1ccc(-c2cccc(-c3cc(=O)n(O)c4ncccc34)c2)cc1)N1CCOCC1. The first-order valence-corrected chi connectivity index (χ1v) is 10.8. The van der Waals surface area contributed by atoms with Crippen LogP contribution >= 0.6 is 0 Å². The second-order valence-corrected chi connectivity index (χ2v) is 8.11. The van der Waals surface area contributed by atoms with Gasteiger partial charge in [0.1, 0.15) is 0 Å². The maximum Gasteiger partial charge on any atom is 0.285 e. The quantitative estimate of drug-likeness (QED) is 0.490. The van der Waals surface area contributed by atoms with Crippen LogP contribution in [-0.4, -0.2) is 46.1 Å². The molecule has 0 saturated carbocycles. The van der Waals surface area contributed by atoms with Crippen molar-refractivity contribution < 1.29 is 9.94 Å². The van der Waals surface area contributed by atoms with E-state index in [0.29, 0.717) is 10.8 Å². The number of morpholine rings is 1. The van der Waals surface area contributed by atoms with Gasteiger partial charge in [-0.25, -0.2) is 4.98 Å². The Balaban J connectivity index is 1.48. The summed E-state index contributed by atoms with van der Waals surface area (Å²) in [7, 11) is 0. The molecule has 1 aliphatic rings. The zero-order valence-electron chi connectivity index (χ0n) is 17.9. The molecule has 0 spiro atoms. The van der Waals surface area contributed by atoms with Gasteiger partial charge in [-0.05, 0) is 52.9 Å². The van der Waals surface area contributed by atoms with Crippen LogP contribution in [0.4, 0.5) is 0 Å². The number of ether oxygens (including phenoxy) is 1. The van der Waals surface area contributed by atoms with Crippen molar-refractivity contribution in [3.8, 4) is 22.3 Å². The van der Waals surface area contributed by atoms with E-state index in [9.17, 15) is 10.0 Å². The Morgan fingerprint density at radius 1 is 0.938 bits per heavy atom. The normalized spacial score (nSPS) is 15.7. The molecule has 2 aromatic carbocycles. The first-order chi connectivity index (χ1) is 15.6. The van der Waals surface area contributed by atoms with Gasteiger partial charge in [-0.15, -0.1) is 4.73 Å². The predicted octanol–water partition coefficient (Wildman–Crippen LogP) is 4.36. The smallest absolute Gasteiger partial charge is 0.285 e. The highest BCUT2D eigenvalue weighted by molar-refractivity contribution is 5.93. The van der Waals surface area contributed by atoms with E-state index in [4.69, 9.17) is 4.74 Å². The zero-order valence-corrected chi connectivity index (χ0v) is 17.9. The van der Waals surface area contributed by atoms with Crippen molar-refractivity contribution in [2.45, 2.75) is 13.0 Å². The lowest BCUT2D eigenvalue weighted by molar-refractivity contribution is 0.0198. The molecule has 1 N–H and O–H groups in total. The number of hydrogen-bond donors (Lipinski definition) is 1. The first-order valence-electron chi connectivity index (χ1n) is 10.8. The van der Waals surface area contributed by atoms with E-state index >= 15 is 0 Å². The molecule has 4 aromatic rings. The van der Waals surface area contributed by atoms with Crippen LogP contribution in [-0.2, 0) is 4.74 Å². The molecule has 0 radical (unpaired) electrons. The Morgan fingerprint density at radius 2 is 1.69 bits per heavy atom. The summed E-state index contributed by atoms with van der Waals surface area (Å²) in [6, 6.07) is 22.2. The highest BCUT2D eigenvalue weighted by Gasteiger charge is 2.18. The van der Waals surface area contributed by atoms with Gasteiger partial charge in [0.2, 0.25) is 0 Å². The minimum atomic E-state index is -0.502. The van der Waals surface area contributed by atoms with Crippen LogP contribution in [0.15, 0.2) is 77.7 Å². The van der Waals surface area contributed by atoms with Crippen LogP contribution in [0, 0.1) is 0 Å². The van der Waals surface area contributed by atoms with Crippen molar-refractivity contribution in [2.75, 3.05) is 26.3 Å². The van der Waals surface area contributed by atoms with Gasteiger partial charge in [-0.2, -0.15) is 0 Å². The number of pyridine rings is 2. The van der Waals surface area contributed by atoms with Gasteiger partial charge in [0.25, 0.3) is 5.56 Å². The van der Waals surface area contributed by atoms with Gasteiger partial charge in [0.05, 0.1) is 13.2 Å². The van der Waals surface area contributed by atoms with Crippen LogP contribution in [0.3, 0.4) is 0 Å². The summed E-state index contributed by atoms with van der Waals surface area (Å²) in [5, 5.41) is 10.8. The van der Waals surface area contributed by atoms with Crippen molar-refractivity contribution >= 4 is 11.0 Å². The topological polar surface area (TPSA) is 67.6 Å². The molecule has 1 unspecified atom stereocenters. The minimum Gasteiger partial charge on any atom is -0.423 e. The summed E-state index contributed by atoms with van der Waals surface area (Å²) < 4.78 is 6.06. The van der Waals surface area contributed by atoms with Gasteiger partial charge in [-0.1, -0.05) is 42.5 Å². The van der Waals surface area contributed by atoms with E-state index in [-0.39, 0.29) is 5.65 Å². The third-order valence-electron chi connectivity index (χ3n) is 6.25. The first kappa shape index (κ1) is 20.4. The molecule has 1 atom stereocenters. The lowest BCUT2D eigenvalue weighted by Crippen LogP contribution is -2.37. The molecule has 1 aliphatic heterocycles. The highest BCUT2D eigenvalue weighted by Crippen LogP contribution is 2.31. The van der Waals surface area contributed by atoms with Gasteiger partial charge in [0, 0.05) is 36.8 Å². The average molecular weight is 428 g/mol. The van der Waals surface area contributed by atoms with E-state index < -0.39 is 5.56 Å². The largest absolute Gasteiger partial charge is 0.423 e. The van der Waals surface area contributed by atoms with Crippen LogP contribution in [0.25, 0.3) is 33.3 Å². The molecule has 0 aliphatic carbocycles. The third kappa shape index (κ3) is 3.79. The Kier molecular flexibility index (Phi) is 5.47. The number of nitrogens with zero attached hydrogens (tertiary/aromatic N) is 3. The van der Waals surface area contributed by atoms with Crippen LogP contribution in [0.2, 0.25) is 0 Å². The minimum absolute atomic E-state index is 0.252. The van der Waals surface area contributed by atoms with Gasteiger partial charge in [0.15, 0.2) is 5.65 Å². The maximum atomic E-state index is 12.3. The van der Waals surface area contributed by atoms with Crippen LogP contribution in [0.5, 0.6) is 0 Å². The highest BCUT2D eigenvalue weighted by atomic mass is 16.5. The Hall–Kier alpha value is -3.48. The molecule has 1 fully saturated rings. The maximum absolute atomic E-state index is 12.3. The summed E-state index contributed by atoms with van der Waals surface area (Å²) in [5.41, 5.74) is 4.88. The third-order valence-corrected chi connectivity index (χ3v) is 6.25. The standard InChI is InChI=1S/C26H25N3O3/c1-18(28-12-14-32-15-13-28)19-7-9-20(10-8-19)21-4-2-5-22(16-21)24-17-25(30)29(31)26-23(24)6-3-11-27-26/h2-11,16-18,31H,12-15H2,1H3. The number of rotatable bonds is 4. The van der Waals surface area contributed by atoms with Gasteiger partial charge < -0.3 is 9.94 Å². The Labute approximate surface area is 186 Å². The molecular formula is C26H25N3O3. The molecule has 6 heteroatoms. The van der Waals surface area contributed by atoms with Crippen molar-refractivity contribution in [1.29, 1.82) is 0 Å². The molecular weight excluding hydrogens is 402 g/mol. The van der Waals surface area contributed by atoms with Gasteiger partial charge in [-0.3, -0.25) is 9.69 Å². The summed E-state index contributed by atoms with van der Waals surface area (Å²) in [6.07, 6.45) is 1.56. The predicted molar refractivity (Wildman–Crippen MR) is 125 cm³/mol. The Bertz CT molecular complexity index is 1310. The molecule has 32 heavy (non-hydrogen) atoms. The fourth-order valence-corrected chi connectivity index (χ4v) is 4.38. The van der Waals surface area contributed by atoms with Crippen LogP contribution < -0.4 is 5.56 Å². The zero-order chi connectivity index (χ0) is 22.1. The second-order valence-electron chi connectivity index (χ2n) is 8.11. The summed E-state index contributed by atoms with van der Waals surface area (Å²) in [5.74, 6) is 0. The summed E-state index contributed by atoms with van der Waals surface area (Å²) in [6.45, 7) is 5.74. The van der Waals surface area contributed by atoms with E-state index in [0.717, 1.165) is 53.9 Å². The average Bonchev–Trinajstić information content (AvgIpc) is 2.86. The van der Waals surface area contributed by atoms with Gasteiger partial charge >= 0.3 is 0 Å². The summed E-state index contributed by atoms with van der Waals surface area (Å²) in [4.78, 5) is 18.9. The molecule has 0 bridgehead atoms. The number of benzene rings is 2. The molecule has 1 saturated heterocycles. The Morgan fingerprint density at radius 3 is 2.47 bits per heavy atom. The molecule has 0 amide bonds. The monoisotopic (exact) mass is 427 g/mol. The molecule has 6 nitrogen and oxygen atoms in total. The summed E-state index contributed by atoms with van der Waals surface area (Å²) >= 11 is 0. The number of hydrogen-bond acceptors (Lipinski definition) is 5. The fourth-order valence-electron chi connectivity index (χ4n) is 4.38. The lowest BCUT2D eigenvalue weighted by Gasteiger charge is -2.32. The van der Waals surface area contributed by atoms with Crippen LogP contribution in [0.1, 0.15) is 18.5 Å². The second kappa shape index (κ2) is 8.57. The lowest BCUT2D eigenvalue weighted by atomic mass is 9.96. The molecule has 162 valence electrons. The van der Waals surface area contributed by atoms with Crippen molar-refractivity contribution in [1.82, 2.24) is 14.6 Å². The fraction of sp³-hybridized carbons (Fsp3) is 0.231. The molecule has 5 rings (SSSR count). The van der Waals surface area contributed by atoms with Crippen molar-refractivity contribution in [3.63, 3.8) is 0 Å². The number of aromatic nitrogens is 2. The van der Waals surface area contributed by atoms with E-state index in [1.807, 2.05) is 18.2 Å². The van der Waals surface area contributed by atoms with Crippen molar-refractivity contribution in [2.24, 2.45) is 0 Å². The van der Waals surface area contributed by atoms with E-state index in [2.05, 4.69) is 53.2 Å². The molecule has 2 aromatic heterocycles. The van der Waals surface area contributed by atoms with Crippen molar-refractivity contribution in [3.05, 3.63) is 88.8 Å². The molecule has 3 heterocycles. The van der Waals surface area contributed by atoms with E-state index in [1.54, 1.807) is 12.3 Å².